The molecule has 0 saturated carbocycles. The van der Waals surface area contributed by atoms with Gasteiger partial charge in [-0.05, 0) is 43.2 Å². The first kappa shape index (κ1) is 18.9. The third-order valence-corrected chi connectivity index (χ3v) is 4.86. The summed E-state index contributed by atoms with van der Waals surface area (Å²) in [4.78, 5) is 25.9. The molecule has 0 spiro atoms. The second-order valence-corrected chi connectivity index (χ2v) is 6.66. The van der Waals surface area contributed by atoms with E-state index in [2.05, 4.69) is 5.32 Å². The predicted octanol–water partition coefficient (Wildman–Crippen LogP) is 4.31. The number of nitrogens with zero attached hydrogens (tertiary/aromatic N) is 1. The SMILES string of the molecule is Cc1cccc(NC(=O)C2CC(=O)N(c3ccccc3C(F)(F)F)C2)c1C. The van der Waals surface area contributed by atoms with Crippen LogP contribution in [0.1, 0.15) is 23.1 Å². The van der Waals surface area contributed by atoms with Gasteiger partial charge in [-0.2, -0.15) is 13.2 Å². The fraction of sp³-hybridized carbons (Fsp3) is 0.300. The smallest absolute Gasteiger partial charge is 0.326 e. The summed E-state index contributed by atoms with van der Waals surface area (Å²) in [5.74, 6) is -1.57. The van der Waals surface area contributed by atoms with E-state index in [4.69, 9.17) is 0 Å². The van der Waals surface area contributed by atoms with Crippen LogP contribution in [0, 0.1) is 19.8 Å². The molecule has 1 aliphatic heterocycles. The van der Waals surface area contributed by atoms with Gasteiger partial charge in [0.2, 0.25) is 11.8 Å². The van der Waals surface area contributed by atoms with E-state index in [1.54, 1.807) is 6.07 Å². The number of para-hydroxylation sites is 1. The lowest BCUT2D eigenvalue weighted by Crippen LogP contribution is -2.29. The third kappa shape index (κ3) is 3.82. The Kier molecular flexibility index (Phi) is 4.95. The van der Waals surface area contributed by atoms with E-state index >= 15 is 0 Å². The van der Waals surface area contributed by atoms with Gasteiger partial charge in [0.25, 0.3) is 0 Å². The molecule has 1 atom stereocenters. The zero-order chi connectivity index (χ0) is 19.8. The number of rotatable bonds is 3. The van der Waals surface area contributed by atoms with Gasteiger partial charge in [-0.1, -0.05) is 24.3 Å². The lowest BCUT2D eigenvalue weighted by Gasteiger charge is -2.21. The summed E-state index contributed by atoms with van der Waals surface area (Å²) in [5.41, 5.74) is 1.47. The minimum Gasteiger partial charge on any atom is -0.326 e. The zero-order valence-electron chi connectivity index (χ0n) is 14.9. The molecule has 1 unspecified atom stereocenters. The Morgan fingerprint density at radius 1 is 1.11 bits per heavy atom. The summed E-state index contributed by atoms with van der Waals surface area (Å²) in [6.07, 6.45) is -4.70. The van der Waals surface area contributed by atoms with Crippen LogP contribution in [0.25, 0.3) is 0 Å². The molecule has 4 nitrogen and oxygen atoms in total. The highest BCUT2D eigenvalue weighted by molar-refractivity contribution is 6.04. The van der Waals surface area contributed by atoms with Crippen molar-refractivity contribution in [3.8, 4) is 0 Å². The highest BCUT2D eigenvalue weighted by Crippen LogP contribution is 2.38. The van der Waals surface area contributed by atoms with Crippen LogP contribution in [-0.2, 0) is 15.8 Å². The predicted molar refractivity (Wildman–Crippen MR) is 96.4 cm³/mol. The van der Waals surface area contributed by atoms with Crippen LogP contribution in [0.4, 0.5) is 24.5 Å². The number of anilines is 2. The number of halogens is 3. The standard InChI is InChI=1S/C20H19F3N2O2/c1-12-6-5-8-16(13(12)2)24-19(27)14-10-18(26)25(11-14)17-9-4-3-7-15(17)20(21,22)23/h3-9,14H,10-11H2,1-2H3,(H,24,27). The van der Waals surface area contributed by atoms with Gasteiger partial charge >= 0.3 is 6.18 Å². The van der Waals surface area contributed by atoms with Gasteiger partial charge in [-0.25, -0.2) is 0 Å². The van der Waals surface area contributed by atoms with E-state index < -0.39 is 23.6 Å². The first-order chi connectivity index (χ1) is 12.7. The van der Waals surface area contributed by atoms with E-state index in [0.29, 0.717) is 5.69 Å². The molecule has 0 aromatic heterocycles. The summed E-state index contributed by atoms with van der Waals surface area (Å²) in [6, 6.07) is 10.4. The van der Waals surface area contributed by atoms with Gasteiger partial charge in [-0.15, -0.1) is 0 Å². The van der Waals surface area contributed by atoms with Crippen LogP contribution in [-0.4, -0.2) is 18.4 Å². The normalized spacial score (nSPS) is 17.3. The van der Waals surface area contributed by atoms with Crippen LogP contribution < -0.4 is 10.2 Å². The molecule has 7 heteroatoms. The average Bonchev–Trinajstić information content (AvgIpc) is 3.00. The largest absolute Gasteiger partial charge is 0.418 e. The van der Waals surface area contributed by atoms with Crippen LogP contribution in [0.5, 0.6) is 0 Å². The molecule has 0 aliphatic carbocycles. The molecule has 27 heavy (non-hydrogen) atoms. The van der Waals surface area contributed by atoms with Gasteiger partial charge in [0.05, 0.1) is 17.2 Å². The number of benzene rings is 2. The van der Waals surface area contributed by atoms with Crippen molar-refractivity contribution in [1.82, 2.24) is 0 Å². The molecular formula is C20H19F3N2O2. The van der Waals surface area contributed by atoms with Crippen molar-refractivity contribution in [3.63, 3.8) is 0 Å². The maximum Gasteiger partial charge on any atom is 0.418 e. The molecule has 1 fully saturated rings. The summed E-state index contributed by atoms with van der Waals surface area (Å²) in [6.45, 7) is 3.71. The fourth-order valence-electron chi connectivity index (χ4n) is 3.19. The van der Waals surface area contributed by atoms with Gasteiger partial charge in [0.1, 0.15) is 0 Å². The fourth-order valence-corrected chi connectivity index (χ4v) is 3.19. The third-order valence-electron chi connectivity index (χ3n) is 4.86. The summed E-state index contributed by atoms with van der Waals surface area (Å²) < 4.78 is 39.7. The zero-order valence-corrected chi connectivity index (χ0v) is 14.9. The molecule has 2 aromatic carbocycles. The Morgan fingerprint density at radius 2 is 1.81 bits per heavy atom. The van der Waals surface area contributed by atoms with Crippen molar-refractivity contribution >= 4 is 23.2 Å². The van der Waals surface area contributed by atoms with Crippen LogP contribution in [0.3, 0.4) is 0 Å². The highest BCUT2D eigenvalue weighted by Gasteiger charge is 2.40. The molecule has 2 aromatic rings. The number of alkyl halides is 3. The Bertz CT molecular complexity index is 893. The number of amides is 2. The Morgan fingerprint density at radius 3 is 2.52 bits per heavy atom. The van der Waals surface area contributed by atoms with Crippen molar-refractivity contribution in [2.45, 2.75) is 26.4 Å². The lowest BCUT2D eigenvalue weighted by atomic mass is 10.1. The van der Waals surface area contributed by atoms with E-state index in [1.807, 2.05) is 26.0 Å². The van der Waals surface area contributed by atoms with Gasteiger partial charge in [-0.3, -0.25) is 9.59 Å². The first-order valence-electron chi connectivity index (χ1n) is 8.52. The van der Waals surface area contributed by atoms with Crippen molar-refractivity contribution < 1.29 is 22.8 Å². The maximum absolute atomic E-state index is 13.2. The van der Waals surface area contributed by atoms with Crippen LogP contribution in [0.2, 0.25) is 0 Å². The lowest BCUT2D eigenvalue weighted by molar-refractivity contribution is -0.137. The number of hydrogen-bond acceptors (Lipinski definition) is 2. The van der Waals surface area contributed by atoms with Crippen molar-refractivity contribution in [3.05, 3.63) is 59.2 Å². The monoisotopic (exact) mass is 376 g/mol. The van der Waals surface area contributed by atoms with E-state index in [9.17, 15) is 22.8 Å². The molecule has 1 N–H and O–H groups in total. The summed E-state index contributed by atoms with van der Waals surface area (Å²) in [7, 11) is 0. The van der Waals surface area contributed by atoms with Crippen molar-refractivity contribution in [2.24, 2.45) is 5.92 Å². The summed E-state index contributed by atoms with van der Waals surface area (Å²) >= 11 is 0. The molecule has 3 rings (SSSR count). The quantitative estimate of drug-likeness (QED) is 0.868. The average molecular weight is 376 g/mol. The van der Waals surface area contributed by atoms with Crippen LogP contribution in [0.15, 0.2) is 42.5 Å². The summed E-state index contributed by atoms with van der Waals surface area (Å²) in [5, 5.41) is 2.79. The molecule has 2 amide bonds. The Hall–Kier alpha value is -2.83. The number of carbonyl (C=O) groups excluding carboxylic acids is 2. The number of carbonyl (C=O) groups is 2. The van der Waals surface area contributed by atoms with Gasteiger partial charge < -0.3 is 10.2 Å². The number of aryl methyl sites for hydroxylation is 1. The van der Waals surface area contributed by atoms with Gasteiger partial charge in [0.15, 0.2) is 0 Å². The second-order valence-electron chi connectivity index (χ2n) is 6.66. The molecule has 1 aliphatic rings. The molecule has 142 valence electrons. The van der Waals surface area contributed by atoms with E-state index in [1.165, 1.54) is 18.2 Å². The molecule has 1 heterocycles. The molecule has 0 radical (unpaired) electrons. The van der Waals surface area contributed by atoms with Crippen LogP contribution >= 0.6 is 0 Å². The van der Waals surface area contributed by atoms with E-state index in [0.717, 1.165) is 22.1 Å². The highest BCUT2D eigenvalue weighted by atomic mass is 19.4. The first-order valence-corrected chi connectivity index (χ1v) is 8.52. The van der Waals surface area contributed by atoms with E-state index in [-0.39, 0.29) is 24.6 Å². The molecule has 1 saturated heterocycles. The topological polar surface area (TPSA) is 49.4 Å². The Balaban J connectivity index is 1.80. The minimum atomic E-state index is -4.57. The second kappa shape index (κ2) is 7.06. The molecular weight excluding hydrogens is 357 g/mol. The number of nitrogens with one attached hydrogen (secondary N) is 1. The minimum absolute atomic E-state index is 0.0807. The number of hydrogen-bond donors (Lipinski definition) is 1. The Labute approximate surface area is 155 Å². The van der Waals surface area contributed by atoms with Crippen molar-refractivity contribution in [2.75, 3.05) is 16.8 Å². The van der Waals surface area contributed by atoms with Crippen molar-refractivity contribution in [1.29, 1.82) is 0 Å². The molecule has 0 bridgehead atoms. The maximum atomic E-state index is 13.2. The van der Waals surface area contributed by atoms with Gasteiger partial charge in [0, 0.05) is 18.7 Å².